The lowest BCUT2D eigenvalue weighted by atomic mass is 10.4. The van der Waals surface area contributed by atoms with Crippen molar-refractivity contribution in [2.45, 2.75) is 25.2 Å². The van der Waals surface area contributed by atoms with Gasteiger partial charge in [-0.15, -0.1) is 5.10 Å². The number of hydrogen-bond donors (Lipinski definition) is 2. The highest BCUT2D eigenvalue weighted by Crippen LogP contribution is 2.28. The van der Waals surface area contributed by atoms with Gasteiger partial charge in [-0.05, 0) is 13.3 Å². The van der Waals surface area contributed by atoms with Crippen LogP contribution < -0.4 is 11.1 Å². The molecule has 0 radical (unpaired) electrons. The van der Waals surface area contributed by atoms with Crippen molar-refractivity contribution in [3.05, 3.63) is 18.1 Å². The largest absolute Gasteiger partial charge is 0.382 e. The zero-order chi connectivity index (χ0) is 15.6. The molecule has 0 aliphatic rings. The van der Waals surface area contributed by atoms with E-state index in [9.17, 15) is 8.42 Å². The van der Waals surface area contributed by atoms with Gasteiger partial charge < -0.3 is 11.1 Å². The summed E-state index contributed by atoms with van der Waals surface area (Å²) >= 11 is 0. The Balaban J connectivity index is 2.61. The number of nitrogen functional groups attached to an aromatic ring is 1. The molecular weight excluding hydrogens is 292 g/mol. The Kier molecular flexibility index (Phi) is 4.12. The molecule has 8 nitrogen and oxygen atoms in total. The van der Waals surface area contributed by atoms with Gasteiger partial charge in [0, 0.05) is 24.6 Å². The third-order valence-electron chi connectivity index (χ3n) is 2.80. The summed E-state index contributed by atoms with van der Waals surface area (Å²) in [4.78, 5) is 8.06. The van der Waals surface area contributed by atoms with Gasteiger partial charge in [0.25, 0.3) is 0 Å². The molecule has 0 unspecified atom stereocenters. The average molecular weight is 310 g/mol. The van der Waals surface area contributed by atoms with E-state index in [-0.39, 0.29) is 16.5 Å². The third kappa shape index (κ3) is 3.13. The second-order valence-corrected chi connectivity index (χ2v) is 6.64. The second-order valence-electron chi connectivity index (χ2n) is 4.69. The molecule has 114 valence electrons. The third-order valence-corrected chi connectivity index (χ3v) is 3.94. The quantitative estimate of drug-likeness (QED) is 0.838. The molecule has 0 aliphatic heterocycles. The number of sulfone groups is 1. The van der Waals surface area contributed by atoms with E-state index >= 15 is 0 Å². The lowest BCUT2D eigenvalue weighted by Crippen LogP contribution is -2.07. The fourth-order valence-electron chi connectivity index (χ4n) is 1.87. The van der Waals surface area contributed by atoms with Gasteiger partial charge in [-0.1, -0.05) is 6.92 Å². The number of nitrogens with one attached hydrogen (secondary N) is 1. The monoisotopic (exact) mass is 310 g/mol. The summed E-state index contributed by atoms with van der Waals surface area (Å²) in [6, 6.07) is 1.68. The Morgan fingerprint density at radius 2 is 2.10 bits per heavy atom. The summed E-state index contributed by atoms with van der Waals surface area (Å²) in [6.07, 6.45) is 3.32. The minimum Gasteiger partial charge on any atom is -0.382 e. The lowest BCUT2D eigenvalue weighted by molar-refractivity contribution is 0.602. The topological polar surface area (TPSA) is 116 Å². The number of hydrogen-bond acceptors (Lipinski definition) is 7. The zero-order valence-electron chi connectivity index (χ0n) is 12.2. The van der Waals surface area contributed by atoms with Crippen molar-refractivity contribution in [2.75, 3.05) is 23.9 Å². The van der Waals surface area contributed by atoms with Crippen LogP contribution in [0.2, 0.25) is 0 Å². The van der Waals surface area contributed by atoms with E-state index in [0.29, 0.717) is 12.4 Å². The van der Waals surface area contributed by atoms with Crippen LogP contribution in [-0.2, 0) is 9.84 Å². The Labute approximate surface area is 123 Å². The maximum Gasteiger partial charge on any atom is 0.182 e. The number of nitrogens with zero attached hydrogens (tertiary/aromatic N) is 4. The molecule has 0 saturated heterocycles. The fourth-order valence-corrected chi connectivity index (χ4v) is 2.80. The Hall–Kier alpha value is -2.16. The summed E-state index contributed by atoms with van der Waals surface area (Å²) in [5, 5.41) is 7.22. The van der Waals surface area contributed by atoms with E-state index in [2.05, 4.69) is 20.4 Å². The van der Waals surface area contributed by atoms with E-state index in [1.54, 1.807) is 13.0 Å². The number of aryl methyl sites for hydroxylation is 1. The molecule has 21 heavy (non-hydrogen) atoms. The SMILES string of the molecule is CCCNc1nn(-c2cc(C)ncn2)c(N)c1S(C)(=O)=O. The van der Waals surface area contributed by atoms with Crippen molar-refractivity contribution in [3.8, 4) is 5.82 Å². The maximum absolute atomic E-state index is 11.9. The highest BCUT2D eigenvalue weighted by molar-refractivity contribution is 7.91. The van der Waals surface area contributed by atoms with Crippen LogP contribution in [0.25, 0.3) is 5.82 Å². The van der Waals surface area contributed by atoms with E-state index in [1.165, 1.54) is 11.0 Å². The Morgan fingerprint density at radius 3 is 2.67 bits per heavy atom. The molecule has 2 heterocycles. The minimum absolute atomic E-state index is 0.00721. The van der Waals surface area contributed by atoms with Gasteiger partial charge in [-0.2, -0.15) is 4.68 Å². The number of rotatable bonds is 5. The second kappa shape index (κ2) is 5.68. The first kappa shape index (κ1) is 15.2. The zero-order valence-corrected chi connectivity index (χ0v) is 13.0. The van der Waals surface area contributed by atoms with Crippen LogP contribution >= 0.6 is 0 Å². The lowest BCUT2D eigenvalue weighted by Gasteiger charge is -2.03. The first-order valence-electron chi connectivity index (χ1n) is 6.46. The molecule has 3 N–H and O–H groups in total. The van der Waals surface area contributed by atoms with Crippen LogP contribution in [0.15, 0.2) is 17.3 Å². The summed E-state index contributed by atoms with van der Waals surface area (Å²) in [6.45, 7) is 4.38. The van der Waals surface area contributed by atoms with Crippen LogP contribution in [0.4, 0.5) is 11.6 Å². The predicted octanol–water partition coefficient (Wildman–Crippen LogP) is 0.778. The van der Waals surface area contributed by atoms with Crippen molar-refractivity contribution >= 4 is 21.5 Å². The first-order valence-corrected chi connectivity index (χ1v) is 8.35. The van der Waals surface area contributed by atoms with E-state index in [1.807, 2.05) is 6.92 Å². The predicted molar refractivity (Wildman–Crippen MR) is 80.2 cm³/mol. The van der Waals surface area contributed by atoms with Crippen LogP contribution in [0, 0.1) is 6.92 Å². The highest BCUT2D eigenvalue weighted by atomic mass is 32.2. The minimum atomic E-state index is -3.51. The van der Waals surface area contributed by atoms with Gasteiger partial charge in [0.2, 0.25) is 0 Å². The van der Waals surface area contributed by atoms with Crippen LogP contribution in [-0.4, -0.2) is 41.0 Å². The normalized spacial score (nSPS) is 11.6. The van der Waals surface area contributed by atoms with Crippen molar-refractivity contribution in [1.29, 1.82) is 0 Å². The van der Waals surface area contributed by atoms with Gasteiger partial charge in [-0.25, -0.2) is 18.4 Å². The molecule has 9 heteroatoms. The van der Waals surface area contributed by atoms with Crippen molar-refractivity contribution in [3.63, 3.8) is 0 Å². The molecule has 2 aromatic rings. The molecule has 0 saturated carbocycles. The number of aromatic nitrogens is 4. The van der Waals surface area contributed by atoms with Crippen LogP contribution in [0.3, 0.4) is 0 Å². The van der Waals surface area contributed by atoms with Gasteiger partial charge in [0.1, 0.15) is 12.1 Å². The van der Waals surface area contributed by atoms with E-state index in [0.717, 1.165) is 18.4 Å². The van der Waals surface area contributed by atoms with Crippen LogP contribution in [0.1, 0.15) is 19.0 Å². The maximum atomic E-state index is 11.9. The fraction of sp³-hybridized carbons (Fsp3) is 0.417. The molecule has 0 fully saturated rings. The number of nitrogens with two attached hydrogens (primary N) is 1. The highest BCUT2D eigenvalue weighted by Gasteiger charge is 2.25. The summed E-state index contributed by atoms with van der Waals surface area (Å²) < 4.78 is 25.2. The summed E-state index contributed by atoms with van der Waals surface area (Å²) in [5.41, 5.74) is 6.70. The van der Waals surface area contributed by atoms with Gasteiger partial charge in [0.15, 0.2) is 26.4 Å². The molecule has 0 bridgehead atoms. The molecule has 0 spiro atoms. The molecule has 0 atom stereocenters. The summed E-state index contributed by atoms with van der Waals surface area (Å²) in [7, 11) is -3.51. The first-order chi connectivity index (χ1) is 9.84. The molecule has 2 rings (SSSR count). The van der Waals surface area contributed by atoms with E-state index in [4.69, 9.17) is 5.73 Å². The Bertz CT molecular complexity index is 753. The van der Waals surface area contributed by atoms with Gasteiger partial charge >= 0.3 is 0 Å². The van der Waals surface area contributed by atoms with Gasteiger partial charge in [0.05, 0.1) is 0 Å². The van der Waals surface area contributed by atoms with E-state index < -0.39 is 9.84 Å². The van der Waals surface area contributed by atoms with Crippen molar-refractivity contribution < 1.29 is 8.42 Å². The standard InChI is InChI=1S/C12H18N6O2S/c1-4-5-14-12-10(21(3,19)20)11(13)18(17-12)9-6-8(2)15-7-16-9/h6-7H,4-5,13H2,1-3H3,(H,14,17). The summed E-state index contributed by atoms with van der Waals surface area (Å²) in [5.74, 6) is 0.705. The average Bonchev–Trinajstić information content (AvgIpc) is 2.73. The molecule has 0 amide bonds. The van der Waals surface area contributed by atoms with Crippen molar-refractivity contribution in [1.82, 2.24) is 19.7 Å². The molecule has 0 aliphatic carbocycles. The smallest absolute Gasteiger partial charge is 0.182 e. The van der Waals surface area contributed by atoms with Crippen molar-refractivity contribution in [2.24, 2.45) is 0 Å². The molecule has 2 aromatic heterocycles. The molecular formula is C12H18N6O2S. The number of anilines is 2. The van der Waals surface area contributed by atoms with Crippen LogP contribution in [0.5, 0.6) is 0 Å². The van der Waals surface area contributed by atoms with Gasteiger partial charge in [-0.3, -0.25) is 0 Å². The molecule has 0 aromatic carbocycles. The Morgan fingerprint density at radius 1 is 1.38 bits per heavy atom.